The number of amides is 2. The van der Waals surface area contributed by atoms with Crippen molar-refractivity contribution in [2.24, 2.45) is 0 Å². The first kappa shape index (κ1) is 16.8. The van der Waals surface area contributed by atoms with Gasteiger partial charge in [-0.25, -0.2) is 4.79 Å². The Balaban J connectivity index is 1.47. The molecule has 1 N–H and O–H groups in total. The molecule has 1 aromatic rings. The molecule has 1 aliphatic carbocycles. The minimum atomic E-state index is -0.608. The van der Waals surface area contributed by atoms with Crippen LogP contribution >= 0.6 is 0 Å². The molecule has 24 heavy (non-hydrogen) atoms. The Bertz CT molecular complexity index is 557. The van der Waals surface area contributed by atoms with Crippen LogP contribution in [0.4, 0.5) is 4.79 Å². The number of carbonyl (C=O) groups is 2. The normalized spacial score (nSPS) is 21.5. The fourth-order valence-electron chi connectivity index (χ4n) is 3.15. The number of carbonyl (C=O) groups excluding carboxylic acids is 2. The van der Waals surface area contributed by atoms with E-state index in [-0.39, 0.29) is 25.1 Å². The van der Waals surface area contributed by atoms with E-state index >= 15 is 0 Å². The van der Waals surface area contributed by atoms with Crippen molar-refractivity contribution in [3.8, 4) is 0 Å². The van der Waals surface area contributed by atoms with E-state index < -0.39 is 12.2 Å². The molecule has 2 amide bonds. The summed E-state index contributed by atoms with van der Waals surface area (Å²) in [6.07, 6.45) is 3.37. The van der Waals surface area contributed by atoms with E-state index in [2.05, 4.69) is 5.32 Å². The first-order valence-corrected chi connectivity index (χ1v) is 8.60. The maximum absolute atomic E-state index is 12.3. The van der Waals surface area contributed by atoms with E-state index in [1.54, 1.807) is 4.90 Å². The predicted octanol–water partition coefficient (Wildman–Crippen LogP) is 2.08. The summed E-state index contributed by atoms with van der Waals surface area (Å²) in [6, 6.07) is 9.79. The van der Waals surface area contributed by atoms with Gasteiger partial charge in [0.15, 0.2) is 6.10 Å². The quantitative estimate of drug-likeness (QED) is 0.917. The van der Waals surface area contributed by atoms with Gasteiger partial charge in [-0.1, -0.05) is 43.2 Å². The number of hydrogen-bond acceptors (Lipinski definition) is 4. The predicted molar refractivity (Wildman–Crippen MR) is 88.3 cm³/mol. The highest BCUT2D eigenvalue weighted by molar-refractivity contribution is 5.82. The van der Waals surface area contributed by atoms with Gasteiger partial charge in [-0.2, -0.15) is 0 Å². The van der Waals surface area contributed by atoms with Crippen molar-refractivity contribution >= 4 is 12.0 Å². The average Bonchev–Trinajstić information content (AvgIpc) is 3.13. The maximum Gasteiger partial charge on any atom is 0.410 e. The molecule has 1 saturated carbocycles. The lowest BCUT2D eigenvalue weighted by Crippen LogP contribution is -2.53. The molecule has 1 saturated heterocycles. The van der Waals surface area contributed by atoms with Crippen molar-refractivity contribution in [3.05, 3.63) is 35.9 Å². The lowest BCUT2D eigenvalue weighted by Gasteiger charge is -2.32. The van der Waals surface area contributed by atoms with Gasteiger partial charge >= 0.3 is 6.09 Å². The first-order valence-electron chi connectivity index (χ1n) is 8.60. The summed E-state index contributed by atoms with van der Waals surface area (Å²) >= 11 is 0. The Hall–Kier alpha value is -2.08. The molecular weight excluding hydrogens is 308 g/mol. The SMILES string of the molecule is O=C(NC1CCCC1)C1CN(C(=O)OCc2ccccc2)CCO1. The summed E-state index contributed by atoms with van der Waals surface area (Å²) in [5, 5.41) is 3.02. The Kier molecular flexibility index (Phi) is 5.69. The first-order chi connectivity index (χ1) is 11.7. The van der Waals surface area contributed by atoms with Gasteiger partial charge in [0.05, 0.1) is 13.2 Å². The summed E-state index contributed by atoms with van der Waals surface area (Å²) in [4.78, 5) is 26.0. The molecule has 1 aliphatic heterocycles. The minimum Gasteiger partial charge on any atom is -0.445 e. The monoisotopic (exact) mass is 332 g/mol. The molecule has 0 bridgehead atoms. The Labute approximate surface area is 142 Å². The zero-order valence-electron chi connectivity index (χ0n) is 13.8. The van der Waals surface area contributed by atoms with Crippen molar-refractivity contribution in [3.63, 3.8) is 0 Å². The number of morpholine rings is 1. The fraction of sp³-hybridized carbons (Fsp3) is 0.556. The van der Waals surface area contributed by atoms with E-state index in [1.165, 1.54) is 0 Å². The fourth-order valence-corrected chi connectivity index (χ4v) is 3.15. The third-order valence-corrected chi connectivity index (χ3v) is 4.52. The molecule has 6 heteroatoms. The maximum atomic E-state index is 12.3. The van der Waals surface area contributed by atoms with Gasteiger partial charge in [0.1, 0.15) is 6.61 Å². The van der Waals surface area contributed by atoms with Gasteiger partial charge < -0.3 is 19.7 Å². The summed E-state index contributed by atoms with van der Waals surface area (Å²) in [7, 11) is 0. The van der Waals surface area contributed by atoms with Gasteiger partial charge in [0, 0.05) is 12.6 Å². The smallest absolute Gasteiger partial charge is 0.410 e. The number of hydrogen-bond donors (Lipinski definition) is 1. The van der Waals surface area contributed by atoms with Crippen LogP contribution in [0, 0.1) is 0 Å². The standard InChI is InChI=1S/C18H24N2O4/c21-17(19-15-8-4-5-9-15)16-12-20(10-11-23-16)18(22)24-13-14-6-2-1-3-7-14/h1-3,6-7,15-16H,4-5,8-13H2,(H,19,21). The van der Waals surface area contributed by atoms with E-state index in [0.29, 0.717) is 13.2 Å². The van der Waals surface area contributed by atoms with Crippen LogP contribution in [0.2, 0.25) is 0 Å². The van der Waals surface area contributed by atoms with Gasteiger partial charge in [-0.15, -0.1) is 0 Å². The molecule has 0 spiro atoms. The van der Waals surface area contributed by atoms with Crippen molar-refractivity contribution in [1.82, 2.24) is 10.2 Å². The topological polar surface area (TPSA) is 67.9 Å². The van der Waals surface area contributed by atoms with Crippen LogP contribution in [0.3, 0.4) is 0 Å². The van der Waals surface area contributed by atoms with Gasteiger partial charge in [0.2, 0.25) is 0 Å². The van der Waals surface area contributed by atoms with Crippen LogP contribution in [0.1, 0.15) is 31.2 Å². The molecule has 1 unspecified atom stereocenters. The lowest BCUT2D eigenvalue weighted by atomic mass is 10.2. The number of benzene rings is 1. The second-order valence-electron chi connectivity index (χ2n) is 6.34. The zero-order chi connectivity index (χ0) is 16.8. The van der Waals surface area contributed by atoms with Crippen LogP contribution in [-0.2, 0) is 20.9 Å². The summed E-state index contributed by atoms with van der Waals surface area (Å²) < 4.78 is 10.9. The number of ether oxygens (including phenoxy) is 2. The van der Waals surface area contributed by atoms with Crippen LogP contribution in [-0.4, -0.2) is 48.7 Å². The molecular formula is C18H24N2O4. The van der Waals surface area contributed by atoms with Crippen molar-refractivity contribution in [1.29, 1.82) is 0 Å². The van der Waals surface area contributed by atoms with Crippen molar-refractivity contribution in [2.75, 3.05) is 19.7 Å². The summed E-state index contributed by atoms with van der Waals surface area (Å²) in [6.45, 7) is 1.27. The highest BCUT2D eigenvalue weighted by Gasteiger charge is 2.31. The third-order valence-electron chi connectivity index (χ3n) is 4.52. The molecule has 0 radical (unpaired) electrons. The minimum absolute atomic E-state index is 0.123. The Morgan fingerprint density at radius 1 is 1.21 bits per heavy atom. The number of nitrogens with zero attached hydrogens (tertiary/aromatic N) is 1. The summed E-state index contributed by atoms with van der Waals surface area (Å²) in [5.74, 6) is -0.123. The molecule has 1 aromatic carbocycles. The second-order valence-corrected chi connectivity index (χ2v) is 6.34. The Morgan fingerprint density at radius 2 is 1.96 bits per heavy atom. The number of nitrogens with one attached hydrogen (secondary N) is 1. The van der Waals surface area contributed by atoms with Crippen LogP contribution in [0.5, 0.6) is 0 Å². The second kappa shape index (κ2) is 8.15. The van der Waals surface area contributed by atoms with Gasteiger partial charge in [0.25, 0.3) is 5.91 Å². The molecule has 130 valence electrons. The van der Waals surface area contributed by atoms with Crippen LogP contribution in [0.15, 0.2) is 30.3 Å². The number of rotatable bonds is 4. The van der Waals surface area contributed by atoms with Gasteiger partial charge in [-0.3, -0.25) is 4.79 Å². The average molecular weight is 332 g/mol. The van der Waals surface area contributed by atoms with Crippen molar-refractivity contribution < 1.29 is 19.1 Å². The molecule has 0 aromatic heterocycles. The van der Waals surface area contributed by atoms with E-state index in [0.717, 1.165) is 31.2 Å². The molecule has 3 rings (SSSR count). The highest BCUT2D eigenvalue weighted by Crippen LogP contribution is 2.18. The summed E-state index contributed by atoms with van der Waals surface area (Å²) in [5.41, 5.74) is 0.939. The van der Waals surface area contributed by atoms with Crippen LogP contribution in [0.25, 0.3) is 0 Å². The van der Waals surface area contributed by atoms with E-state index in [9.17, 15) is 9.59 Å². The third kappa shape index (κ3) is 4.47. The lowest BCUT2D eigenvalue weighted by molar-refractivity contribution is -0.138. The molecule has 2 aliphatic rings. The van der Waals surface area contributed by atoms with Crippen molar-refractivity contribution in [2.45, 2.75) is 44.4 Å². The van der Waals surface area contributed by atoms with E-state index in [1.807, 2.05) is 30.3 Å². The van der Waals surface area contributed by atoms with Crippen LogP contribution < -0.4 is 5.32 Å². The molecule has 1 heterocycles. The highest BCUT2D eigenvalue weighted by atomic mass is 16.6. The van der Waals surface area contributed by atoms with Gasteiger partial charge in [-0.05, 0) is 18.4 Å². The largest absolute Gasteiger partial charge is 0.445 e. The molecule has 6 nitrogen and oxygen atoms in total. The molecule has 1 atom stereocenters. The zero-order valence-corrected chi connectivity index (χ0v) is 13.8. The Morgan fingerprint density at radius 3 is 2.71 bits per heavy atom. The molecule has 2 fully saturated rings. The van der Waals surface area contributed by atoms with E-state index in [4.69, 9.17) is 9.47 Å².